The molecular formula is C26H38F4N6O2. The molecule has 0 radical (unpaired) electrons. The van der Waals surface area contributed by atoms with Gasteiger partial charge in [0.1, 0.15) is 17.6 Å². The number of alkyl halides is 3. The van der Waals surface area contributed by atoms with Gasteiger partial charge in [-0.05, 0) is 48.4 Å². The lowest BCUT2D eigenvalue weighted by molar-refractivity contribution is -0.168. The highest BCUT2D eigenvalue weighted by Crippen LogP contribution is 2.32. The van der Waals surface area contributed by atoms with Crippen molar-refractivity contribution >= 4 is 18.1 Å². The van der Waals surface area contributed by atoms with Gasteiger partial charge in [0.2, 0.25) is 5.91 Å². The molecule has 212 valence electrons. The van der Waals surface area contributed by atoms with Gasteiger partial charge in [-0.25, -0.2) is 14.8 Å². The van der Waals surface area contributed by atoms with Crippen LogP contribution < -0.4 is 16.1 Å². The summed E-state index contributed by atoms with van der Waals surface area (Å²) >= 11 is 0. The highest BCUT2D eigenvalue weighted by atomic mass is 19.4. The summed E-state index contributed by atoms with van der Waals surface area (Å²) in [5.41, 5.74) is 2.55. The molecule has 5 unspecified atom stereocenters. The van der Waals surface area contributed by atoms with Gasteiger partial charge in [0, 0.05) is 38.3 Å². The molecule has 38 heavy (non-hydrogen) atoms. The standard InChI is InChI=1S/C26H38F4N6O2/c1-6-7-17(19-11-18(37)8-9-21(19)27)10-22(16(4)12-31)33-25(32-13-15(2)3)34-24(38)20-14-36(5)35-23(20)26(28,29)30/h6,8-9,11-12,15-17,20,22-23,31,35,37H,1,7,10,13-14H2,2-5H3,(H2,32,33,34,38). The van der Waals surface area contributed by atoms with E-state index in [-0.39, 0.29) is 42.7 Å². The number of carbonyl (C=O) groups is 1. The fourth-order valence-electron chi connectivity index (χ4n) is 4.32. The molecular weight excluding hydrogens is 504 g/mol. The van der Waals surface area contributed by atoms with Crippen molar-refractivity contribution in [3.63, 3.8) is 0 Å². The highest BCUT2D eigenvalue weighted by Gasteiger charge is 2.52. The predicted octanol–water partition coefficient (Wildman–Crippen LogP) is 3.95. The molecule has 5 atom stereocenters. The Hall–Kier alpha value is -2.99. The van der Waals surface area contributed by atoms with Crippen LogP contribution in [0, 0.1) is 29.0 Å². The van der Waals surface area contributed by atoms with Gasteiger partial charge in [-0.15, -0.1) is 6.58 Å². The lowest BCUT2D eigenvalue weighted by Gasteiger charge is -2.29. The van der Waals surface area contributed by atoms with Gasteiger partial charge >= 0.3 is 6.18 Å². The number of hydrogen-bond donors (Lipinski definition) is 5. The smallest absolute Gasteiger partial charge is 0.405 e. The van der Waals surface area contributed by atoms with Crippen LogP contribution >= 0.6 is 0 Å². The van der Waals surface area contributed by atoms with Crippen molar-refractivity contribution in [3.8, 4) is 5.75 Å². The van der Waals surface area contributed by atoms with Crippen LogP contribution in [0.5, 0.6) is 5.75 Å². The topological polar surface area (TPSA) is 113 Å². The van der Waals surface area contributed by atoms with Crippen molar-refractivity contribution in [1.82, 2.24) is 21.1 Å². The first-order chi connectivity index (χ1) is 17.8. The predicted molar refractivity (Wildman–Crippen MR) is 139 cm³/mol. The van der Waals surface area contributed by atoms with Crippen molar-refractivity contribution in [3.05, 3.63) is 42.2 Å². The second-order valence-corrected chi connectivity index (χ2v) is 10.1. The number of hydrogen-bond acceptors (Lipinski definition) is 6. The van der Waals surface area contributed by atoms with Gasteiger partial charge in [-0.2, -0.15) is 13.2 Å². The molecule has 0 bridgehead atoms. The van der Waals surface area contributed by atoms with E-state index in [1.165, 1.54) is 36.5 Å². The fourth-order valence-corrected chi connectivity index (χ4v) is 4.32. The molecule has 1 heterocycles. The van der Waals surface area contributed by atoms with Crippen molar-refractivity contribution < 1.29 is 27.5 Å². The first kappa shape index (κ1) is 31.2. The zero-order chi connectivity index (χ0) is 28.6. The number of phenols is 1. The molecule has 0 spiro atoms. The van der Waals surface area contributed by atoms with E-state index < -0.39 is 47.7 Å². The average molecular weight is 543 g/mol. The Bertz CT molecular complexity index is 1000. The van der Waals surface area contributed by atoms with Crippen molar-refractivity contribution in [1.29, 1.82) is 5.41 Å². The van der Waals surface area contributed by atoms with Crippen LogP contribution in [-0.4, -0.2) is 66.6 Å². The summed E-state index contributed by atoms with van der Waals surface area (Å²) in [5, 5.41) is 24.6. The first-order valence-corrected chi connectivity index (χ1v) is 12.5. The summed E-state index contributed by atoms with van der Waals surface area (Å²) in [5.74, 6) is -3.61. The molecule has 12 heteroatoms. The SMILES string of the molecule is C=CCC(CC(NC(=NCC(C)C)NC(=O)C1CN(C)NC1C(F)(F)F)C(C)C=N)c1cc(O)ccc1F. The zero-order valence-electron chi connectivity index (χ0n) is 22.1. The number of nitrogens with zero attached hydrogens (tertiary/aromatic N) is 2. The summed E-state index contributed by atoms with van der Waals surface area (Å²) in [6, 6.07) is 1.17. The lowest BCUT2D eigenvalue weighted by Crippen LogP contribution is -2.53. The highest BCUT2D eigenvalue weighted by molar-refractivity contribution is 5.98. The molecule has 8 nitrogen and oxygen atoms in total. The van der Waals surface area contributed by atoms with Crippen molar-refractivity contribution in [2.75, 3.05) is 20.1 Å². The number of phenolic OH excluding ortho intramolecular Hbond substituents is 1. The minimum absolute atomic E-state index is 0.00777. The van der Waals surface area contributed by atoms with Gasteiger partial charge in [-0.1, -0.05) is 26.8 Å². The molecule has 0 aliphatic carbocycles. The Kier molecular flexibility index (Phi) is 11.3. The summed E-state index contributed by atoms with van der Waals surface area (Å²) < 4.78 is 55.3. The van der Waals surface area contributed by atoms with E-state index in [0.29, 0.717) is 6.42 Å². The number of guanidine groups is 1. The van der Waals surface area contributed by atoms with Crippen LogP contribution in [0.1, 0.15) is 45.1 Å². The minimum atomic E-state index is -4.63. The van der Waals surface area contributed by atoms with Crippen LogP contribution in [0.4, 0.5) is 17.6 Å². The van der Waals surface area contributed by atoms with Crippen LogP contribution in [0.25, 0.3) is 0 Å². The van der Waals surface area contributed by atoms with E-state index in [9.17, 15) is 27.5 Å². The molecule has 5 N–H and O–H groups in total. The van der Waals surface area contributed by atoms with E-state index >= 15 is 0 Å². The molecule has 1 fully saturated rings. The van der Waals surface area contributed by atoms with Crippen LogP contribution in [0.15, 0.2) is 35.8 Å². The third-order valence-electron chi connectivity index (χ3n) is 6.41. The van der Waals surface area contributed by atoms with Gasteiger partial charge in [0.05, 0.1) is 5.92 Å². The average Bonchev–Trinajstić information content (AvgIpc) is 3.25. The molecule has 1 aromatic rings. The molecule has 0 aromatic heterocycles. The molecule has 2 rings (SSSR count). The lowest BCUT2D eigenvalue weighted by atomic mass is 9.85. The molecule has 1 aliphatic rings. The summed E-state index contributed by atoms with van der Waals surface area (Å²) in [4.78, 5) is 17.4. The summed E-state index contributed by atoms with van der Waals surface area (Å²) in [7, 11) is 1.43. The molecule has 1 saturated heterocycles. The molecule has 0 saturated carbocycles. The number of allylic oxidation sites excluding steroid dienone is 1. The fraction of sp³-hybridized carbons (Fsp3) is 0.577. The quantitative estimate of drug-likeness (QED) is 0.126. The maximum absolute atomic E-state index is 14.7. The number of nitrogens with one attached hydrogen (secondary N) is 4. The van der Waals surface area contributed by atoms with E-state index in [1.54, 1.807) is 13.0 Å². The largest absolute Gasteiger partial charge is 0.508 e. The van der Waals surface area contributed by atoms with E-state index in [1.807, 2.05) is 13.8 Å². The van der Waals surface area contributed by atoms with Gasteiger partial charge in [-0.3, -0.25) is 15.1 Å². The third-order valence-corrected chi connectivity index (χ3v) is 6.41. The number of halogens is 4. The Labute approximate surface area is 221 Å². The maximum Gasteiger partial charge on any atom is 0.405 e. The number of rotatable bonds is 11. The minimum Gasteiger partial charge on any atom is -0.508 e. The van der Waals surface area contributed by atoms with Gasteiger partial charge < -0.3 is 15.8 Å². The third kappa shape index (κ3) is 8.80. The second kappa shape index (κ2) is 13.7. The van der Waals surface area contributed by atoms with Crippen LogP contribution in [-0.2, 0) is 4.79 Å². The van der Waals surface area contributed by atoms with E-state index in [0.717, 1.165) is 0 Å². The molecule has 1 aliphatic heterocycles. The second-order valence-electron chi connectivity index (χ2n) is 10.1. The normalized spacial score (nSPS) is 21.1. The molecule has 1 aromatic carbocycles. The zero-order valence-corrected chi connectivity index (χ0v) is 22.1. The maximum atomic E-state index is 14.7. The van der Waals surface area contributed by atoms with Crippen LogP contribution in [0.3, 0.4) is 0 Å². The van der Waals surface area contributed by atoms with Crippen LogP contribution in [0.2, 0.25) is 0 Å². The van der Waals surface area contributed by atoms with Gasteiger partial charge in [0.15, 0.2) is 5.96 Å². The number of benzene rings is 1. The monoisotopic (exact) mass is 542 g/mol. The number of aromatic hydroxyl groups is 1. The Morgan fingerprint density at radius 2 is 2.05 bits per heavy atom. The van der Waals surface area contributed by atoms with E-state index in [4.69, 9.17) is 5.41 Å². The number of aliphatic imine (C=N–C) groups is 1. The van der Waals surface area contributed by atoms with E-state index in [2.05, 4.69) is 27.6 Å². The first-order valence-electron chi connectivity index (χ1n) is 12.5. The number of carbonyl (C=O) groups excluding carboxylic acids is 1. The number of hydrazine groups is 1. The molecule has 1 amide bonds. The van der Waals surface area contributed by atoms with Gasteiger partial charge in [0.25, 0.3) is 0 Å². The number of amides is 1. The Morgan fingerprint density at radius 3 is 2.63 bits per heavy atom. The Balaban J connectivity index is 2.34. The summed E-state index contributed by atoms with van der Waals surface area (Å²) in [6.07, 6.45) is -1.19. The van der Waals surface area contributed by atoms with Crippen molar-refractivity contribution in [2.24, 2.45) is 22.7 Å². The van der Waals surface area contributed by atoms with Crippen molar-refractivity contribution in [2.45, 2.75) is 57.8 Å². The Morgan fingerprint density at radius 1 is 1.37 bits per heavy atom. The summed E-state index contributed by atoms with van der Waals surface area (Å²) in [6.45, 7) is 9.45.